The third-order valence-corrected chi connectivity index (χ3v) is 3.12. The van der Waals surface area contributed by atoms with Crippen molar-refractivity contribution in [2.24, 2.45) is 11.6 Å². The van der Waals surface area contributed by atoms with Crippen molar-refractivity contribution >= 4 is 5.70 Å². The fourth-order valence-corrected chi connectivity index (χ4v) is 1.96. The van der Waals surface area contributed by atoms with Crippen molar-refractivity contribution in [3.8, 4) is 0 Å². The molecule has 0 unspecified atom stereocenters. The molecule has 0 aliphatic heterocycles. The highest BCUT2D eigenvalue weighted by Gasteiger charge is 1.99. The Morgan fingerprint density at radius 1 is 1.20 bits per heavy atom. The number of unbranched alkanes of at least 4 members (excludes halogenated alkanes) is 5. The number of hydrazine groups is 1. The number of rotatable bonds is 10. The topological polar surface area (TPSA) is 88.4 Å². The van der Waals surface area contributed by atoms with Crippen LogP contribution in [0.15, 0.2) is 30.7 Å². The molecule has 20 heavy (non-hydrogen) atoms. The lowest BCUT2D eigenvalue weighted by Crippen LogP contribution is -2.27. The monoisotopic (exact) mass is 278 g/mol. The van der Waals surface area contributed by atoms with E-state index in [0.717, 1.165) is 37.8 Å². The molecule has 0 spiro atoms. The van der Waals surface area contributed by atoms with E-state index < -0.39 is 0 Å². The average molecular weight is 278 g/mol. The first kappa shape index (κ1) is 16.5. The first-order valence-corrected chi connectivity index (χ1v) is 7.24. The highest BCUT2D eigenvalue weighted by molar-refractivity contribution is 5.60. The minimum atomic E-state index is 0.301. The fourth-order valence-electron chi connectivity index (χ4n) is 1.96. The van der Waals surface area contributed by atoms with Crippen LogP contribution in [0.2, 0.25) is 0 Å². The molecule has 0 aromatic carbocycles. The third-order valence-electron chi connectivity index (χ3n) is 3.12. The molecule has 0 atom stereocenters. The lowest BCUT2D eigenvalue weighted by atomic mass is 10.1. The Balaban J connectivity index is 2.18. The van der Waals surface area contributed by atoms with Gasteiger partial charge in [-0.2, -0.15) is 0 Å². The van der Waals surface area contributed by atoms with Crippen LogP contribution in [0.3, 0.4) is 0 Å². The van der Waals surface area contributed by atoms with Crippen LogP contribution in [0.5, 0.6) is 0 Å². The number of aliphatic hydroxyl groups is 1. The molecule has 5 heteroatoms. The Labute approximate surface area is 121 Å². The summed E-state index contributed by atoms with van der Waals surface area (Å²) in [7, 11) is 0. The first-order chi connectivity index (χ1) is 9.74. The van der Waals surface area contributed by atoms with Gasteiger partial charge >= 0.3 is 0 Å². The van der Waals surface area contributed by atoms with E-state index in [1.807, 2.05) is 12.1 Å². The Bertz CT molecular complexity index is 381. The van der Waals surface area contributed by atoms with E-state index in [0.29, 0.717) is 12.3 Å². The molecule has 1 heterocycles. The van der Waals surface area contributed by atoms with Crippen molar-refractivity contribution in [2.75, 3.05) is 13.2 Å². The molecule has 1 aromatic rings. The molecule has 0 saturated heterocycles. The van der Waals surface area contributed by atoms with E-state index in [9.17, 15) is 0 Å². The summed E-state index contributed by atoms with van der Waals surface area (Å²) >= 11 is 0. The molecule has 0 aliphatic rings. The Kier molecular flexibility index (Phi) is 8.42. The normalized spacial score (nSPS) is 11.6. The lowest BCUT2D eigenvalue weighted by Gasteiger charge is -2.14. The predicted octanol–water partition coefficient (Wildman–Crippen LogP) is 1.85. The molecular weight excluding hydrogens is 252 g/mol. The molecular formula is C15H26N4O. The zero-order valence-corrected chi connectivity index (χ0v) is 12.0. The second-order valence-electron chi connectivity index (χ2n) is 4.91. The lowest BCUT2D eigenvalue weighted by molar-refractivity contribution is 0.282. The van der Waals surface area contributed by atoms with Crippen LogP contribution in [0.25, 0.3) is 5.70 Å². The van der Waals surface area contributed by atoms with Crippen molar-refractivity contribution < 1.29 is 5.11 Å². The van der Waals surface area contributed by atoms with Crippen molar-refractivity contribution in [2.45, 2.75) is 38.5 Å². The van der Waals surface area contributed by atoms with Crippen LogP contribution in [0.4, 0.5) is 0 Å². The van der Waals surface area contributed by atoms with Crippen molar-refractivity contribution in [3.05, 3.63) is 36.3 Å². The van der Waals surface area contributed by atoms with Crippen LogP contribution >= 0.6 is 0 Å². The first-order valence-electron chi connectivity index (χ1n) is 7.24. The molecule has 0 saturated carbocycles. The maximum Gasteiger partial charge on any atom is 0.0579 e. The summed E-state index contributed by atoms with van der Waals surface area (Å²) in [6.45, 7) is 1.09. The van der Waals surface area contributed by atoms with Gasteiger partial charge in [-0.15, -0.1) is 0 Å². The number of hydrogen-bond donors (Lipinski definition) is 3. The summed E-state index contributed by atoms with van der Waals surface area (Å²) in [5, 5.41) is 10.3. The molecule has 112 valence electrons. The quantitative estimate of drug-likeness (QED) is 0.345. The molecule has 5 N–H and O–H groups in total. The molecule has 0 amide bonds. The molecule has 5 nitrogen and oxygen atoms in total. The summed E-state index contributed by atoms with van der Waals surface area (Å²) in [4.78, 5) is 4.03. The van der Waals surface area contributed by atoms with E-state index in [4.69, 9.17) is 16.7 Å². The Morgan fingerprint density at radius 3 is 2.55 bits per heavy atom. The van der Waals surface area contributed by atoms with E-state index in [-0.39, 0.29) is 0 Å². The van der Waals surface area contributed by atoms with Gasteiger partial charge in [0.15, 0.2) is 0 Å². The highest BCUT2D eigenvalue weighted by atomic mass is 16.2. The van der Waals surface area contributed by atoms with E-state index in [2.05, 4.69) is 4.98 Å². The zero-order valence-electron chi connectivity index (χ0n) is 12.0. The number of nitrogens with zero attached hydrogens (tertiary/aromatic N) is 2. The van der Waals surface area contributed by atoms with Crippen LogP contribution in [0, 0.1) is 0 Å². The number of aliphatic hydroxyl groups excluding tert-OH is 1. The van der Waals surface area contributed by atoms with Crippen molar-refractivity contribution in [3.63, 3.8) is 0 Å². The Hall–Kier alpha value is -1.59. The van der Waals surface area contributed by atoms with Gasteiger partial charge in [0.25, 0.3) is 0 Å². The molecule has 0 radical (unpaired) electrons. The predicted molar refractivity (Wildman–Crippen MR) is 82.1 cm³/mol. The largest absolute Gasteiger partial charge is 0.397 e. The molecule has 0 fully saturated rings. The summed E-state index contributed by atoms with van der Waals surface area (Å²) < 4.78 is 0. The SMILES string of the molecule is N/C(=C\N(N)CCCCCCCCO)c1cccnc1. The zero-order chi connectivity index (χ0) is 14.6. The summed E-state index contributed by atoms with van der Waals surface area (Å²) in [6.07, 6.45) is 11.8. The van der Waals surface area contributed by atoms with Gasteiger partial charge in [0.05, 0.1) is 5.70 Å². The summed E-state index contributed by atoms with van der Waals surface area (Å²) in [5.74, 6) is 5.90. The maximum atomic E-state index is 8.67. The van der Waals surface area contributed by atoms with Crippen LogP contribution in [-0.4, -0.2) is 28.3 Å². The summed E-state index contributed by atoms with van der Waals surface area (Å²) in [5.41, 5.74) is 7.47. The van der Waals surface area contributed by atoms with E-state index >= 15 is 0 Å². The summed E-state index contributed by atoms with van der Waals surface area (Å²) in [6, 6.07) is 3.76. The maximum absolute atomic E-state index is 8.67. The Morgan fingerprint density at radius 2 is 1.90 bits per heavy atom. The van der Waals surface area contributed by atoms with Gasteiger partial charge in [0.1, 0.15) is 0 Å². The van der Waals surface area contributed by atoms with Crippen LogP contribution in [-0.2, 0) is 0 Å². The standard InChI is InChI=1S/C15H26N4O/c16-15(14-8-7-9-18-12-14)13-19(17)10-5-3-1-2-4-6-11-20/h7-9,12-13,20H,1-6,10-11,16-17H2/b15-13-. The number of hydrogen-bond acceptors (Lipinski definition) is 5. The van der Waals surface area contributed by atoms with Crippen LogP contribution < -0.4 is 11.6 Å². The van der Waals surface area contributed by atoms with E-state index in [1.165, 1.54) is 12.8 Å². The third kappa shape index (κ3) is 7.11. The van der Waals surface area contributed by atoms with Gasteiger partial charge in [-0.1, -0.05) is 25.7 Å². The van der Waals surface area contributed by atoms with Crippen molar-refractivity contribution in [1.82, 2.24) is 9.99 Å². The minimum absolute atomic E-state index is 0.301. The van der Waals surface area contributed by atoms with Gasteiger partial charge in [-0.05, 0) is 25.0 Å². The second-order valence-corrected chi connectivity index (χ2v) is 4.91. The highest BCUT2D eigenvalue weighted by Crippen LogP contribution is 2.08. The number of pyridine rings is 1. The van der Waals surface area contributed by atoms with Gasteiger partial charge in [-0.25, -0.2) is 5.84 Å². The number of aromatic nitrogens is 1. The van der Waals surface area contributed by atoms with Gasteiger partial charge in [0, 0.05) is 37.3 Å². The second kappa shape index (κ2) is 10.2. The minimum Gasteiger partial charge on any atom is -0.397 e. The van der Waals surface area contributed by atoms with Gasteiger partial charge in [0.2, 0.25) is 0 Å². The molecule has 1 aromatic heterocycles. The van der Waals surface area contributed by atoms with Crippen LogP contribution in [0.1, 0.15) is 44.1 Å². The smallest absolute Gasteiger partial charge is 0.0579 e. The van der Waals surface area contributed by atoms with Gasteiger partial charge < -0.3 is 15.8 Å². The molecule has 0 aliphatic carbocycles. The fraction of sp³-hybridized carbons (Fsp3) is 0.533. The molecule has 1 rings (SSSR count). The number of nitrogens with two attached hydrogens (primary N) is 2. The molecule has 0 bridgehead atoms. The van der Waals surface area contributed by atoms with E-state index in [1.54, 1.807) is 23.6 Å². The van der Waals surface area contributed by atoms with Crippen molar-refractivity contribution in [1.29, 1.82) is 0 Å². The van der Waals surface area contributed by atoms with Gasteiger partial charge in [-0.3, -0.25) is 4.98 Å². The average Bonchev–Trinajstić information content (AvgIpc) is 2.47.